The Hall–Kier alpha value is -1.37. The van der Waals surface area contributed by atoms with Crippen LogP contribution < -0.4 is 10.6 Å². The van der Waals surface area contributed by atoms with E-state index in [9.17, 15) is 9.59 Å². The molecule has 2 amide bonds. The van der Waals surface area contributed by atoms with Gasteiger partial charge in [0.2, 0.25) is 11.8 Å². The number of pyridine rings is 1. The van der Waals surface area contributed by atoms with Crippen LogP contribution in [0.3, 0.4) is 0 Å². The number of aromatic nitrogens is 1. The first kappa shape index (κ1) is 25.7. The number of piperidine rings is 2. The summed E-state index contributed by atoms with van der Waals surface area (Å²) in [6.45, 7) is 7.67. The summed E-state index contributed by atoms with van der Waals surface area (Å²) in [5.41, 5.74) is 1.07. The van der Waals surface area contributed by atoms with Crippen LogP contribution in [0.2, 0.25) is 0 Å². The maximum atomic E-state index is 12.7. The predicted molar refractivity (Wildman–Crippen MR) is 121 cm³/mol. The zero-order valence-electron chi connectivity index (χ0n) is 17.4. The summed E-state index contributed by atoms with van der Waals surface area (Å²) in [6.07, 6.45) is 6.18. The van der Waals surface area contributed by atoms with Gasteiger partial charge in [-0.25, -0.2) is 4.98 Å². The van der Waals surface area contributed by atoms with Gasteiger partial charge in [-0.15, -0.1) is 24.8 Å². The summed E-state index contributed by atoms with van der Waals surface area (Å²) in [5, 5.41) is 6.28. The smallest absolute Gasteiger partial charge is 0.228 e. The Morgan fingerprint density at radius 3 is 2.41 bits per heavy atom. The molecule has 1 aromatic rings. The molecule has 164 valence electrons. The number of hydrogen-bond acceptors (Lipinski definition) is 4. The standard InChI is InChI=1S/C21H32N4O2.2ClH/c1-15-3-4-19(23-14-15)24-21(27)18-7-11-25(12-8-18)20(26)13-16(2)17-5-9-22-10-6-17;;/h3-4,14,16-18,22H,5-13H2,1-2H3,(H,23,24,27);2*1H. The van der Waals surface area contributed by atoms with Crippen molar-refractivity contribution in [2.45, 2.75) is 46.0 Å². The number of nitrogens with one attached hydrogen (secondary N) is 2. The van der Waals surface area contributed by atoms with Crippen molar-refractivity contribution in [3.05, 3.63) is 23.9 Å². The van der Waals surface area contributed by atoms with E-state index in [1.165, 1.54) is 12.8 Å². The summed E-state index contributed by atoms with van der Waals surface area (Å²) < 4.78 is 0. The number of halogens is 2. The topological polar surface area (TPSA) is 74.3 Å². The molecular formula is C21H34Cl2N4O2. The normalized spacial score (nSPS) is 18.9. The average molecular weight is 445 g/mol. The summed E-state index contributed by atoms with van der Waals surface area (Å²) in [6, 6.07) is 3.77. The van der Waals surface area contributed by atoms with Crippen molar-refractivity contribution in [3.8, 4) is 0 Å². The number of rotatable bonds is 5. The predicted octanol–water partition coefficient (Wildman–Crippen LogP) is 3.44. The lowest BCUT2D eigenvalue weighted by atomic mass is 9.83. The third-order valence-corrected chi connectivity index (χ3v) is 6.07. The highest BCUT2D eigenvalue weighted by molar-refractivity contribution is 5.91. The average Bonchev–Trinajstić information content (AvgIpc) is 2.70. The fourth-order valence-corrected chi connectivity index (χ4v) is 4.15. The lowest BCUT2D eigenvalue weighted by molar-refractivity contribution is -0.135. The van der Waals surface area contributed by atoms with E-state index in [-0.39, 0.29) is 42.5 Å². The maximum absolute atomic E-state index is 12.7. The Labute approximate surface area is 186 Å². The minimum absolute atomic E-state index is 0. The van der Waals surface area contributed by atoms with Gasteiger partial charge in [0.1, 0.15) is 5.82 Å². The Kier molecular flexibility index (Phi) is 10.9. The molecule has 2 N–H and O–H groups in total. The quantitative estimate of drug-likeness (QED) is 0.728. The van der Waals surface area contributed by atoms with Crippen LogP contribution >= 0.6 is 24.8 Å². The monoisotopic (exact) mass is 444 g/mol. The highest BCUT2D eigenvalue weighted by atomic mass is 35.5. The van der Waals surface area contributed by atoms with Gasteiger partial charge in [-0.1, -0.05) is 13.0 Å². The number of hydrogen-bond donors (Lipinski definition) is 2. The van der Waals surface area contributed by atoms with Crippen LogP contribution in [-0.2, 0) is 9.59 Å². The summed E-state index contributed by atoms with van der Waals surface area (Å²) in [5.74, 6) is 1.91. The first-order chi connectivity index (χ1) is 13.0. The second kappa shape index (κ2) is 12.4. The van der Waals surface area contributed by atoms with E-state index >= 15 is 0 Å². The van der Waals surface area contributed by atoms with Gasteiger partial charge in [0.05, 0.1) is 0 Å². The van der Waals surface area contributed by atoms with Gasteiger partial charge >= 0.3 is 0 Å². The molecule has 2 aliphatic rings. The number of likely N-dealkylation sites (tertiary alicyclic amines) is 1. The fraction of sp³-hybridized carbons (Fsp3) is 0.667. The van der Waals surface area contributed by atoms with Crippen molar-refractivity contribution in [2.75, 3.05) is 31.5 Å². The Balaban J connectivity index is 0.00000210. The van der Waals surface area contributed by atoms with Gasteiger partial charge in [-0.3, -0.25) is 9.59 Å². The van der Waals surface area contributed by atoms with Crippen LogP contribution in [0.1, 0.15) is 44.6 Å². The van der Waals surface area contributed by atoms with Gasteiger partial charge in [0.15, 0.2) is 0 Å². The second-order valence-corrected chi connectivity index (χ2v) is 8.13. The zero-order chi connectivity index (χ0) is 19.2. The van der Waals surface area contributed by atoms with Crippen molar-refractivity contribution in [3.63, 3.8) is 0 Å². The van der Waals surface area contributed by atoms with E-state index in [1.54, 1.807) is 6.20 Å². The van der Waals surface area contributed by atoms with Gasteiger partial charge in [-0.05, 0) is 69.2 Å². The van der Waals surface area contributed by atoms with Crippen molar-refractivity contribution >= 4 is 42.4 Å². The molecule has 1 unspecified atom stereocenters. The van der Waals surface area contributed by atoms with Crippen molar-refractivity contribution in [1.82, 2.24) is 15.2 Å². The molecule has 2 saturated heterocycles. The molecule has 1 aromatic heterocycles. The molecule has 6 nitrogen and oxygen atoms in total. The lowest BCUT2D eigenvalue weighted by Crippen LogP contribution is -2.42. The van der Waals surface area contributed by atoms with Gasteiger partial charge in [0.25, 0.3) is 0 Å². The molecular weight excluding hydrogens is 411 g/mol. The van der Waals surface area contributed by atoms with Crippen LogP contribution in [0.4, 0.5) is 5.82 Å². The van der Waals surface area contributed by atoms with E-state index < -0.39 is 0 Å². The number of carbonyl (C=O) groups excluding carboxylic acids is 2. The van der Waals surface area contributed by atoms with Crippen LogP contribution in [0.25, 0.3) is 0 Å². The lowest BCUT2D eigenvalue weighted by Gasteiger charge is -2.33. The number of anilines is 1. The highest BCUT2D eigenvalue weighted by Crippen LogP contribution is 2.26. The van der Waals surface area contributed by atoms with E-state index in [0.29, 0.717) is 37.2 Å². The summed E-state index contributed by atoms with van der Waals surface area (Å²) >= 11 is 0. The largest absolute Gasteiger partial charge is 0.343 e. The molecule has 2 aliphatic heterocycles. The van der Waals surface area contributed by atoms with Crippen LogP contribution in [0.5, 0.6) is 0 Å². The molecule has 0 aromatic carbocycles. The van der Waals surface area contributed by atoms with E-state index in [1.807, 2.05) is 24.0 Å². The van der Waals surface area contributed by atoms with Crippen molar-refractivity contribution in [2.24, 2.45) is 17.8 Å². The molecule has 3 heterocycles. The Morgan fingerprint density at radius 1 is 1.17 bits per heavy atom. The van der Waals surface area contributed by atoms with Crippen LogP contribution in [-0.4, -0.2) is 47.9 Å². The van der Waals surface area contributed by atoms with Crippen molar-refractivity contribution < 1.29 is 9.59 Å². The first-order valence-corrected chi connectivity index (χ1v) is 10.2. The first-order valence-electron chi connectivity index (χ1n) is 10.2. The molecule has 8 heteroatoms. The number of aryl methyl sites for hydroxylation is 1. The minimum atomic E-state index is -0.0426. The minimum Gasteiger partial charge on any atom is -0.343 e. The summed E-state index contributed by atoms with van der Waals surface area (Å²) in [7, 11) is 0. The Morgan fingerprint density at radius 2 is 1.83 bits per heavy atom. The van der Waals surface area contributed by atoms with Gasteiger partial charge in [0, 0.05) is 31.6 Å². The highest BCUT2D eigenvalue weighted by Gasteiger charge is 2.29. The molecule has 3 rings (SSSR count). The third-order valence-electron chi connectivity index (χ3n) is 6.07. The molecule has 0 saturated carbocycles. The number of carbonyl (C=O) groups is 2. The molecule has 0 bridgehead atoms. The number of nitrogens with zero attached hydrogens (tertiary/aromatic N) is 2. The number of amides is 2. The van der Waals surface area contributed by atoms with Crippen molar-refractivity contribution in [1.29, 1.82) is 0 Å². The molecule has 2 fully saturated rings. The zero-order valence-corrected chi connectivity index (χ0v) is 19.0. The molecule has 1 atom stereocenters. The van der Waals surface area contributed by atoms with Crippen LogP contribution in [0, 0.1) is 24.7 Å². The van der Waals surface area contributed by atoms with Gasteiger partial charge in [-0.2, -0.15) is 0 Å². The molecule has 0 radical (unpaired) electrons. The van der Waals surface area contributed by atoms with Crippen LogP contribution in [0.15, 0.2) is 18.3 Å². The second-order valence-electron chi connectivity index (χ2n) is 8.13. The molecule has 29 heavy (non-hydrogen) atoms. The fourth-order valence-electron chi connectivity index (χ4n) is 4.15. The molecule has 0 spiro atoms. The SMILES string of the molecule is Cc1ccc(NC(=O)C2CCN(C(=O)CC(C)C3CCNCC3)CC2)nc1.Cl.Cl. The van der Waals surface area contributed by atoms with E-state index in [2.05, 4.69) is 22.5 Å². The van der Waals surface area contributed by atoms with Gasteiger partial charge < -0.3 is 15.5 Å². The maximum Gasteiger partial charge on any atom is 0.228 e. The summed E-state index contributed by atoms with van der Waals surface area (Å²) in [4.78, 5) is 31.3. The Bertz CT molecular complexity index is 643. The third kappa shape index (κ3) is 7.43. The van der Waals surface area contributed by atoms with E-state index in [4.69, 9.17) is 0 Å². The molecule has 0 aliphatic carbocycles. The van der Waals surface area contributed by atoms with E-state index in [0.717, 1.165) is 31.5 Å².